The number of nitrogens with one attached hydrogen (secondary N) is 1. The van der Waals surface area contributed by atoms with Crippen molar-refractivity contribution in [3.8, 4) is 11.5 Å². The second kappa shape index (κ2) is 7.95. The van der Waals surface area contributed by atoms with E-state index in [4.69, 9.17) is 9.47 Å². The Labute approximate surface area is 110 Å². The van der Waals surface area contributed by atoms with E-state index < -0.39 is 0 Å². The van der Waals surface area contributed by atoms with Gasteiger partial charge >= 0.3 is 0 Å². The van der Waals surface area contributed by atoms with E-state index >= 15 is 0 Å². The van der Waals surface area contributed by atoms with Gasteiger partial charge < -0.3 is 19.7 Å². The number of nitrogens with zero attached hydrogens (tertiary/aromatic N) is 1. The van der Waals surface area contributed by atoms with Gasteiger partial charge in [-0.2, -0.15) is 0 Å². The van der Waals surface area contributed by atoms with Gasteiger partial charge in [-0.05, 0) is 34.1 Å². The molecule has 0 saturated heterocycles. The lowest BCUT2D eigenvalue weighted by Crippen LogP contribution is -2.20. The van der Waals surface area contributed by atoms with E-state index in [9.17, 15) is 0 Å². The molecule has 0 aliphatic rings. The molecule has 18 heavy (non-hydrogen) atoms. The van der Waals surface area contributed by atoms with Crippen molar-refractivity contribution in [2.24, 2.45) is 0 Å². The van der Waals surface area contributed by atoms with Crippen LogP contribution in [-0.4, -0.2) is 45.8 Å². The van der Waals surface area contributed by atoms with Crippen molar-refractivity contribution in [3.05, 3.63) is 23.8 Å². The van der Waals surface area contributed by atoms with Crippen LogP contribution >= 0.6 is 0 Å². The first-order valence-electron chi connectivity index (χ1n) is 6.35. The summed E-state index contributed by atoms with van der Waals surface area (Å²) in [6, 6.07) is 6.01. The van der Waals surface area contributed by atoms with Crippen molar-refractivity contribution >= 4 is 0 Å². The molecule has 0 radical (unpaired) electrons. The number of likely N-dealkylation sites (N-methyl/N-ethyl adjacent to an activating group) is 1. The third kappa shape index (κ3) is 4.55. The molecule has 0 bridgehead atoms. The molecule has 4 heteroatoms. The Morgan fingerprint density at radius 2 is 2.00 bits per heavy atom. The Morgan fingerprint density at radius 1 is 1.22 bits per heavy atom. The molecule has 1 rings (SSSR count). The minimum absolute atomic E-state index is 0.646. The lowest BCUT2D eigenvalue weighted by Gasteiger charge is -2.17. The first-order chi connectivity index (χ1) is 8.69. The zero-order valence-corrected chi connectivity index (χ0v) is 11.8. The summed E-state index contributed by atoms with van der Waals surface area (Å²) in [4.78, 5) is 2.10. The molecule has 0 amide bonds. The maximum Gasteiger partial charge on any atom is 0.165 e. The third-order valence-electron chi connectivity index (χ3n) is 2.51. The molecule has 1 aromatic carbocycles. The van der Waals surface area contributed by atoms with E-state index in [1.165, 1.54) is 0 Å². The van der Waals surface area contributed by atoms with Crippen LogP contribution in [0.4, 0.5) is 0 Å². The smallest absolute Gasteiger partial charge is 0.165 e. The summed E-state index contributed by atoms with van der Waals surface area (Å²) in [6.45, 7) is 4.95. The maximum absolute atomic E-state index is 5.88. The first kappa shape index (κ1) is 14.8. The lowest BCUT2D eigenvalue weighted by molar-refractivity contribution is 0.241. The van der Waals surface area contributed by atoms with Crippen LogP contribution in [0.15, 0.2) is 18.2 Å². The molecule has 0 aliphatic heterocycles. The summed E-state index contributed by atoms with van der Waals surface area (Å²) in [6.07, 6.45) is 0. The van der Waals surface area contributed by atoms with Gasteiger partial charge in [-0.25, -0.2) is 0 Å². The van der Waals surface area contributed by atoms with Crippen molar-refractivity contribution in [3.63, 3.8) is 0 Å². The van der Waals surface area contributed by atoms with Gasteiger partial charge in [0.15, 0.2) is 11.5 Å². The van der Waals surface area contributed by atoms with Gasteiger partial charge in [0.25, 0.3) is 0 Å². The molecular weight excluding hydrogens is 228 g/mol. The van der Waals surface area contributed by atoms with Crippen molar-refractivity contribution < 1.29 is 9.47 Å². The second-order valence-corrected chi connectivity index (χ2v) is 4.36. The standard InChI is InChI=1S/C14H24N2O2/c1-5-17-13-8-6-7-12(11-15-2)14(13)18-10-9-16(3)4/h6-8,15H,5,9-11H2,1-4H3. The Bertz CT molecular complexity index is 329. The highest BCUT2D eigenvalue weighted by atomic mass is 16.5. The molecule has 0 saturated carbocycles. The molecule has 4 nitrogen and oxygen atoms in total. The largest absolute Gasteiger partial charge is 0.490 e. The average molecular weight is 252 g/mol. The van der Waals surface area contributed by atoms with Gasteiger partial charge in [-0.1, -0.05) is 12.1 Å². The van der Waals surface area contributed by atoms with E-state index in [0.717, 1.165) is 30.2 Å². The van der Waals surface area contributed by atoms with E-state index in [1.54, 1.807) is 0 Å². The minimum Gasteiger partial charge on any atom is -0.490 e. The predicted molar refractivity (Wildman–Crippen MR) is 74.4 cm³/mol. The monoisotopic (exact) mass is 252 g/mol. The van der Waals surface area contributed by atoms with E-state index in [2.05, 4.69) is 16.3 Å². The van der Waals surface area contributed by atoms with Crippen molar-refractivity contribution in [1.82, 2.24) is 10.2 Å². The van der Waals surface area contributed by atoms with Crippen LogP contribution in [0, 0.1) is 0 Å². The Balaban J connectivity index is 2.80. The molecule has 0 fully saturated rings. The third-order valence-corrected chi connectivity index (χ3v) is 2.51. The fourth-order valence-corrected chi connectivity index (χ4v) is 1.65. The molecule has 102 valence electrons. The minimum atomic E-state index is 0.646. The summed E-state index contributed by atoms with van der Waals surface area (Å²) >= 11 is 0. The molecule has 0 atom stereocenters. The number of benzene rings is 1. The molecule has 1 N–H and O–H groups in total. The van der Waals surface area contributed by atoms with Crippen LogP contribution in [0.3, 0.4) is 0 Å². The van der Waals surface area contributed by atoms with Gasteiger partial charge in [0.1, 0.15) is 6.61 Å². The van der Waals surface area contributed by atoms with Gasteiger partial charge in [-0.15, -0.1) is 0 Å². The van der Waals surface area contributed by atoms with Gasteiger partial charge in [0.05, 0.1) is 6.61 Å². The molecule has 0 aromatic heterocycles. The zero-order valence-electron chi connectivity index (χ0n) is 11.8. The highest BCUT2D eigenvalue weighted by molar-refractivity contribution is 5.46. The molecule has 0 unspecified atom stereocenters. The summed E-state index contributed by atoms with van der Waals surface area (Å²) in [5.41, 5.74) is 1.13. The van der Waals surface area contributed by atoms with Crippen molar-refractivity contribution in [2.75, 3.05) is 40.9 Å². The summed E-state index contributed by atoms with van der Waals surface area (Å²) in [7, 11) is 6.00. The van der Waals surface area contributed by atoms with Crippen molar-refractivity contribution in [1.29, 1.82) is 0 Å². The molecule has 0 aliphatic carbocycles. The summed E-state index contributed by atoms with van der Waals surface area (Å²) < 4.78 is 11.5. The normalized spacial score (nSPS) is 10.7. The Morgan fingerprint density at radius 3 is 2.61 bits per heavy atom. The quantitative estimate of drug-likeness (QED) is 0.764. The highest BCUT2D eigenvalue weighted by Crippen LogP contribution is 2.31. The number of hydrogen-bond donors (Lipinski definition) is 1. The fraction of sp³-hybridized carbons (Fsp3) is 0.571. The van der Waals surface area contributed by atoms with Crippen LogP contribution < -0.4 is 14.8 Å². The molecule has 1 aromatic rings. The second-order valence-electron chi connectivity index (χ2n) is 4.36. The lowest BCUT2D eigenvalue weighted by atomic mass is 10.2. The number of hydrogen-bond acceptors (Lipinski definition) is 4. The summed E-state index contributed by atoms with van der Waals surface area (Å²) in [5.74, 6) is 1.68. The maximum atomic E-state index is 5.88. The zero-order chi connectivity index (χ0) is 13.4. The number of para-hydroxylation sites is 1. The Kier molecular flexibility index (Phi) is 6.54. The molecular formula is C14H24N2O2. The van der Waals surface area contributed by atoms with E-state index in [-0.39, 0.29) is 0 Å². The van der Waals surface area contributed by atoms with E-state index in [0.29, 0.717) is 13.2 Å². The number of rotatable bonds is 8. The van der Waals surface area contributed by atoms with E-state index in [1.807, 2.05) is 40.2 Å². The van der Waals surface area contributed by atoms with Crippen LogP contribution in [0.1, 0.15) is 12.5 Å². The fourth-order valence-electron chi connectivity index (χ4n) is 1.65. The SMILES string of the molecule is CCOc1cccc(CNC)c1OCCN(C)C. The topological polar surface area (TPSA) is 33.7 Å². The van der Waals surface area contributed by atoms with Gasteiger partial charge in [0, 0.05) is 18.7 Å². The Hall–Kier alpha value is -1.26. The summed E-state index contributed by atoms with van der Waals surface area (Å²) in [5, 5.41) is 3.15. The van der Waals surface area contributed by atoms with Crippen LogP contribution in [-0.2, 0) is 6.54 Å². The molecule has 0 heterocycles. The van der Waals surface area contributed by atoms with Crippen LogP contribution in [0.25, 0.3) is 0 Å². The van der Waals surface area contributed by atoms with Crippen LogP contribution in [0.5, 0.6) is 11.5 Å². The van der Waals surface area contributed by atoms with Gasteiger partial charge in [-0.3, -0.25) is 0 Å². The first-order valence-corrected chi connectivity index (χ1v) is 6.35. The van der Waals surface area contributed by atoms with Crippen molar-refractivity contribution in [2.45, 2.75) is 13.5 Å². The number of ether oxygens (including phenoxy) is 2. The highest BCUT2D eigenvalue weighted by Gasteiger charge is 2.10. The average Bonchev–Trinajstić information content (AvgIpc) is 2.32. The van der Waals surface area contributed by atoms with Gasteiger partial charge in [0.2, 0.25) is 0 Å². The van der Waals surface area contributed by atoms with Crippen LogP contribution in [0.2, 0.25) is 0 Å². The predicted octanol–water partition coefficient (Wildman–Crippen LogP) is 1.75. The molecule has 0 spiro atoms.